The highest BCUT2D eigenvalue weighted by atomic mass is 32.1. The summed E-state index contributed by atoms with van der Waals surface area (Å²) >= 11 is 1.68. The van der Waals surface area contributed by atoms with Crippen molar-refractivity contribution in [2.24, 2.45) is 11.7 Å². The van der Waals surface area contributed by atoms with E-state index in [-0.39, 0.29) is 0 Å². The summed E-state index contributed by atoms with van der Waals surface area (Å²) in [5.74, 6) is 1.68. The Morgan fingerprint density at radius 3 is 3.00 bits per heavy atom. The molecule has 0 radical (unpaired) electrons. The number of anilines is 1. The molecule has 3 rings (SSSR count). The Morgan fingerprint density at radius 1 is 1.35 bits per heavy atom. The number of fused-ring (bicyclic) bond motifs is 1. The molecule has 20 heavy (non-hydrogen) atoms. The third-order valence-electron chi connectivity index (χ3n) is 4.43. The van der Waals surface area contributed by atoms with Crippen LogP contribution in [-0.4, -0.2) is 29.1 Å². The lowest BCUT2D eigenvalue weighted by Gasteiger charge is -2.40. The van der Waals surface area contributed by atoms with Crippen LogP contribution >= 0.6 is 11.3 Å². The van der Waals surface area contributed by atoms with Crippen LogP contribution in [0.25, 0.3) is 10.2 Å². The molecule has 0 aliphatic heterocycles. The minimum Gasteiger partial charge on any atom is -0.353 e. The summed E-state index contributed by atoms with van der Waals surface area (Å²) < 4.78 is 0. The molecule has 0 aromatic carbocycles. The minimum atomic E-state index is 0.525. The molecular formula is C15H22N4S. The first kappa shape index (κ1) is 13.8. The second kappa shape index (κ2) is 6.06. The zero-order valence-corrected chi connectivity index (χ0v) is 12.8. The molecule has 2 N–H and O–H groups in total. The number of hydrogen-bond acceptors (Lipinski definition) is 5. The molecular weight excluding hydrogens is 268 g/mol. The highest BCUT2D eigenvalue weighted by Crippen LogP contribution is 2.34. The second-order valence-electron chi connectivity index (χ2n) is 5.47. The second-order valence-corrected chi connectivity index (χ2v) is 6.36. The highest BCUT2D eigenvalue weighted by molar-refractivity contribution is 7.16. The van der Waals surface area contributed by atoms with Crippen molar-refractivity contribution in [3.05, 3.63) is 17.8 Å². The van der Waals surface area contributed by atoms with Gasteiger partial charge in [0.25, 0.3) is 0 Å². The first-order valence-corrected chi connectivity index (χ1v) is 8.38. The van der Waals surface area contributed by atoms with Crippen molar-refractivity contribution in [3.8, 4) is 0 Å². The normalized spacial score (nSPS) is 23.1. The van der Waals surface area contributed by atoms with E-state index in [1.54, 1.807) is 17.7 Å². The first-order valence-electron chi connectivity index (χ1n) is 7.50. The molecule has 2 atom stereocenters. The molecule has 2 unspecified atom stereocenters. The van der Waals surface area contributed by atoms with Crippen LogP contribution in [0.1, 0.15) is 32.6 Å². The maximum Gasteiger partial charge on any atom is 0.141 e. The van der Waals surface area contributed by atoms with Crippen LogP contribution in [-0.2, 0) is 0 Å². The molecule has 0 saturated heterocycles. The van der Waals surface area contributed by atoms with Crippen molar-refractivity contribution in [2.75, 3.05) is 18.0 Å². The van der Waals surface area contributed by atoms with Gasteiger partial charge in [-0.1, -0.05) is 12.8 Å². The molecule has 2 aromatic heterocycles. The van der Waals surface area contributed by atoms with E-state index in [0.29, 0.717) is 12.0 Å². The SMILES string of the molecule is CCN(c1ncnc2sccc12)C1CCCCC1CN. The number of nitrogens with two attached hydrogens (primary N) is 1. The Bertz CT molecular complexity index is 568. The summed E-state index contributed by atoms with van der Waals surface area (Å²) in [4.78, 5) is 12.5. The van der Waals surface area contributed by atoms with Gasteiger partial charge in [-0.2, -0.15) is 0 Å². The van der Waals surface area contributed by atoms with E-state index in [9.17, 15) is 0 Å². The van der Waals surface area contributed by atoms with Crippen molar-refractivity contribution in [2.45, 2.75) is 38.6 Å². The molecule has 1 aliphatic carbocycles. The van der Waals surface area contributed by atoms with Gasteiger partial charge in [0, 0.05) is 12.6 Å². The van der Waals surface area contributed by atoms with Crippen LogP contribution in [0.15, 0.2) is 17.8 Å². The maximum atomic E-state index is 6.00. The summed E-state index contributed by atoms with van der Waals surface area (Å²) in [5.41, 5.74) is 6.00. The van der Waals surface area contributed by atoms with Gasteiger partial charge in [-0.05, 0) is 43.7 Å². The predicted octanol–water partition coefficient (Wildman–Crippen LogP) is 3.04. The summed E-state index contributed by atoms with van der Waals surface area (Å²) in [7, 11) is 0. The average Bonchev–Trinajstić information content (AvgIpc) is 2.98. The standard InChI is InChI=1S/C15H22N4S/c1-2-19(13-6-4-3-5-11(13)9-16)14-12-7-8-20-15(12)18-10-17-14/h7-8,10-11,13H,2-6,9,16H2,1H3. The van der Waals surface area contributed by atoms with E-state index >= 15 is 0 Å². The molecule has 0 spiro atoms. The third-order valence-corrected chi connectivity index (χ3v) is 5.25. The van der Waals surface area contributed by atoms with E-state index in [1.807, 2.05) is 0 Å². The fourth-order valence-electron chi connectivity index (χ4n) is 3.42. The Balaban J connectivity index is 1.98. The molecule has 1 fully saturated rings. The summed E-state index contributed by atoms with van der Waals surface area (Å²) in [6, 6.07) is 2.66. The van der Waals surface area contributed by atoms with E-state index in [0.717, 1.165) is 23.7 Å². The van der Waals surface area contributed by atoms with E-state index in [1.165, 1.54) is 31.1 Å². The van der Waals surface area contributed by atoms with Crippen LogP contribution < -0.4 is 10.6 Å². The van der Waals surface area contributed by atoms with E-state index in [4.69, 9.17) is 5.73 Å². The average molecular weight is 290 g/mol. The topological polar surface area (TPSA) is 55.0 Å². The maximum absolute atomic E-state index is 6.00. The van der Waals surface area contributed by atoms with Gasteiger partial charge < -0.3 is 10.6 Å². The van der Waals surface area contributed by atoms with Crippen molar-refractivity contribution < 1.29 is 0 Å². The van der Waals surface area contributed by atoms with Crippen LogP contribution in [0.5, 0.6) is 0 Å². The Labute approximate surface area is 124 Å². The fraction of sp³-hybridized carbons (Fsp3) is 0.600. The number of aromatic nitrogens is 2. The summed E-state index contributed by atoms with van der Waals surface area (Å²) in [6.07, 6.45) is 6.78. The Kier molecular flexibility index (Phi) is 4.17. The van der Waals surface area contributed by atoms with Gasteiger partial charge in [-0.25, -0.2) is 9.97 Å². The van der Waals surface area contributed by atoms with Crippen LogP contribution in [0.4, 0.5) is 5.82 Å². The minimum absolute atomic E-state index is 0.525. The van der Waals surface area contributed by atoms with Gasteiger partial charge in [0.05, 0.1) is 5.39 Å². The number of rotatable bonds is 4. The number of thiophene rings is 1. The predicted molar refractivity (Wildman–Crippen MR) is 85.2 cm³/mol. The molecule has 0 amide bonds. The van der Waals surface area contributed by atoms with Crippen molar-refractivity contribution in [1.29, 1.82) is 0 Å². The zero-order chi connectivity index (χ0) is 13.9. The third kappa shape index (κ3) is 2.40. The highest BCUT2D eigenvalue weighted by Gasteiger charge is 2.30. The van der Waals surface area contributed by atoms with Gasteiger partial charge >= 0.3 is 0 Å². The van der Waals surface area contributed by atoms with Gasteiger partial charge in [-0.15, -0.1) is 11.3 Å². The zero-order valence-electron chi connectivity index (χ0n) is 12.0. The van der Waals surface area contributed by atoms with Crippen LogP contribution in [0.2, 0.25) is 0 Å². The van der Waals surface area contributed by atoms with Gasteiger partial charge in [0.1, 0.15) is 17.0 Å². The molecule has 1 aliphatic rings. The monoisotopic (exact) mass is 290 g/mol. The summed E-state index contributed by atoms with van der Waals surface area (Å²) in [5, 5.41) is 3.28. The van der Waals surface area contributed by atoms with Crippen LogP contribution in [0, 0.1) is 5.92 Å². The lowest BCUT2D eigenvalue weighted by atomic mass is 9.83. The van der Waals surface area contributed by atoms with Gasteiger partial charge in [0.2, 0.25) is 0 Å². The molecule has 4 nitrogen and oxygen atoms in total. The number of hydrogen-bond donors (Lipinski definition) is 1. The molecule has 0 bridgehead atoms. The van der Waals surface area contributed by atoms with Crippen molar-refractivity contribution in [1.82, 2.24) is 9.97 Å². The van der Waals surface area contributed by atoms with Crippen LogP contribution in [0.3, 0.4) is 0 Å². The molecule has 5 heteroatoms. The summed E-state index contributed by atoms with van der Waals surface area (Å²) in [6.45, 7) is 3.96. The molecule has 108 valence electrons. The first-order chi connectivity index (χ1) is 9.85. The quantitative estimate of drug-likeness (QED) is 0.940. The Hall–Kier alpha value is -1.20. The van der Waals surface area contributed by atoms with Gasteiger partial charge in [0.15, 0.2) is 0 Å². The number of nitrogens with zero attached hydrogens (tertiary/aromatic N) is 3. The fourth-order valence-corrected chi connectivity index (χ4v) is 4.15. The van der Waals surface area contributed by atoms with E-state index in [2.05, 4.69) is 33.2 Å². The molecule has 1 saturated carbocycles. The van der Waals surface area contributed by atoms with Crippen molar-refractivity contribution >= 4 is 27.4 Å². The lowest BCUT2D eigenvalue weighted by molar-refractivity contribution is 0.300. The largest absolute Gasteiger partial charge is 0.353 e. The van der Waals surface area contributed by atoms with Crippen molar-refractivity contribution in [3.63, 3.8) is 0 Å². The lowest BCUT2D eigenvalue weighted by Crippen LogP contribution is -2.45. The van der Waals surface area contributed by atoms with Gasteiger partial charge in [-0.3, -0.25) is 0 Å². The van der Waals surface area contributed by atoms with E-state index < -0.39 is 0 Å². The molecule has 2 aromatic rings. The Morgan fingerprint density at radius 2 is 2.20 bits per heavy atom. The smallest absolute Gasteiger partial charge is 0.141 e. The molecule has 2 heterocycles.